The van der Waals surface area contributed by atoms with Crippen LogP contribution in [-0.2, 0) is 32.8 Å². The molecule has 3 aromatic carbocycles. The lowest BCUT2D eigenvalue weighted by molar-refractivity contribution is -0.139. The lowest BCUT2D eigenvalue weighted by atomic mass is 10.1. The first-order chi connectivity index (χ1) is 18.9. The van der Waals surface area contributed by atoms with Crippen molar-refractivity contribution in [3.8, 4) is 5.75 Å². The molecule has 0 aliphatic heterocycles. The summed E-state index contributed by atoms with van der Waals surface area (Å²) in [6, 6.07) is 22.8. The molecule has 10 heteroatoms. The monoisotopic (exact) mass is 629 g/mol. The predicted octanol–water partition coefficient (Wildman–Crippen LogP) is 4.98. The van der Waals surface area contributed by atoms with Crippen LogP contribution in [0.3, 0.4) is 0 Å². The molecule has 3 aromatic rings. The van der Waals surface area contributed by atoms with E-state index in [-0.39, 0.29) is 18.4 Å². The summed E-state index contributed by atoms with van der Waals surface area (Å²) in [6.07, 6.45) is 1.05. The number of carbonyl (C=O) groups is 2. The zero-order chi connectivity index (χ0) is 29.3. The molecule has 0 saturated carbocycles. The highest BCUT2D eigenvalue weighted by molar-refractivity contribution is 9.10. The molecule has 214 valence electrons. The van der Waals surface area contributed by atoms with Gasteiger partial charge in [0, 0.05) is 17.6 Å². The van der Waals surface area contributed by atoms with E-state index in [1.807, 2.05) is 68.4 Å². The van der Waals surface area contributed by atoms with Gasteiger partial charge < -0.3 is 15.0 Å². The standard InChI is InChI=1S/C30H36BrN3O5S/c1-22(2)18-32-30(36)23(3)33(19-24-10-12-26(31)13-11-24)29(35)20-34(40(4,37)38)27-14-16-28(17-15-27)39-21-25-8-6-5-7-9-25/h5-17,22-23H,18-21H2,1-4H3,(H,32,36)/t23-/m0/s1. The van der Waals surface area contributed by atoms with Gasteiger partial charge in [0.1, 0.15) is 24.9 Å². The number of hydrogen-bond donors (Lipinski definition) is 1. The van der Waals surface area contributed by atoms with Crippen molar-refractivity contribution >= 4 is 43.5 Å². The minimum absolute atomic E-state index is 0.145. The largest absolute Gasteiger partial charge is 0.489 e. The Hall–Kier alpha value is -3.37. The molecule has 0 radical (unpaired) electrons. The zero-order valence-corrected chi connectivity index (χ0v) is 25.6. The highest BCUT2D eigenvalue weighted by Crippen LogP contribution is 2.23. The van der Waals surface area contributed by atoms with Crippen LogP contribution in [0.25, 0.3) is 0 Å². The number of benzene rings is 3. The second-order valence-electron chi connectivity index (χ2n) is 10.0. The van der Waals surface area contributed by atoms with Crippen molar-refractivity contribution in [3.05, 3.63) is 94.5 Å². The normalized spacial score (nSPS) is 12.1. The van der Waals surface area contributed by atoms with Gasteiger partial charge in [0.05, 0.1) is 11.9 Å². The third-order valence-corrected chi connectivity index (χ3v) is 7.84. The number of rotatable bonds is 13. The number of sulfonamides is 1. The van der Waals surface area contributed by atoms with Crippen LogP contribution in [0, 0.1) is 5.92 Å². The Morgan fingerprint density at radius 2 is 1.52 bits per heavy atom. The number of carbonyl (C=O) groups excluding carboxylic acids is 2. The first-order valence-electron chi connectivity index (χ1n) is 13.0. The summed E-state index contributed by atoms with van der Waals surface area (Å²) < 4.78 is 33.3. The molecule has 3 rings (SSSR count). The molecule has 8 nitrogen and oxygen atoms in total. The summed E-state index contributed by atoms with van der Waals surface area (Å²) in [5.74, 6) is 0.0155. The molecule has 0 aliphatic rings. The van der Waals surface area contributed by atoms with Gasteiger partial charge in [-0.1, -0.05) is 72.2 Å². The maximum atomic E-state index is 13.7. The van der Waals surface area contributed by atoms with Gasteiger partial charge in [-0.15, -0.1) is 0 Å². The molecule has 0 saturated heterocycles. The second kappa shape index (κ2) is 14.3. The maximum Gasteiger partial charge on any atom is 0.244 e. The van der Waals surface area contributed by atoms with Crippen LogP contribution in [0.15, 0.2) is 83.3 Å². The van der Waals surface area contributed by atoms with Gasteiger partial charge in [0.25, 0.3) is 0 Å². The minimum atomic E-state index is -3.82. The van der Waals surface area contributed by atoms with Crippen LogP contribution in [-0.4, -0.2) is 50.5 Å². The number of amides is 2. The lowest BCUT2D eigenvalue weighted by Gasteiger charge is -2.31. The summed E-state index contributed by atoms with van der Waals surface area (Å²) >= 11 is 3.41. The van der Waals surface area contributed by atoms with E-state index in [0.717, 1.165) is 26.2 Å². The Balaban J connectivity index is 1.80. The minimum Gasteiger partial charge on any atom is -0.489 e. The highest BCUT2D eigenvalue weighted by atomic mass is 79.9. The lowest BCUT2D eigenvalue weighted by Crippen LogP contribution is -2.51. The van der Waals surface area contributed by atoms with Crippen LogP contribution in [0.1, 0.15) is 31.9 Å². The Labute approximate surface area is 245 Å². The highest BCUT2D eigenvalue weighted by Gasteiger charge is 2.30. The Morgan fingerprint density at radius 1 is 0.900 bits per heavy atom. The van der Waals surface area contributed by atoms with Crippen molar-refractivity contribution in [2.75, 3.05) is 23.7 Å². The van der Waals surface area contributed by atoms with Crippen molar-refractivity contribution in [1.82, 2.24) is 10.2 Å². The van der Waals surface area contributed by atoms with E-state index in [9.17, 15) is 18.0 Å². The summed E-state index contributed by atoms with van der Waals surface area (Å²) in [4.78, 5) is 28.0. The van der Waals surface area contributed by atoms with Gasteiger partial charge in [-0.25, -0.2) is 8.42 Å². The molecule has 0 unspecified atom stereocenters. The van der Waals surface area contributed by atoms with Gasteiger partial charge in [0.15, 0.2) is 0 Å². The number of nitrogens with one attached hydrogen (secondary N) is 1. The van der Waals surface area contributed by atoms with Crippen LogP contribution < -0.4 is 14.4 Å². The van der Waals surface area contributed by atoms with Gasteiger partial charge in [-0.3, -0.25) is 13.9 Å². The molecular formula is C30H36BrN3O5S. The molecule has 0 aliphatic carbocycles. The Morgan fingerprint density at radius 3 is 2.10 bits per heavy atom. The van der Waals surface area contributed by atoms with Gasteiger partial charge in [-0.05, 0) is 60.4 Å². The summed E-state index contributed by atoms with van der Waals surface area (Å²) in [5, 5.41) is 2.87. The predicted molar refractivity (Wildman–Crippen MR) is 161 cm³/mol. The molecule has 2 amide bonds. The number of ether oxygens (including phenoxy) is 1. The van der Waals surface area contributed by atoms with E-state index < -0.39 is 28.5 Å². The Kier molecular flexibility index (Phi) is 11.2. The first-order valence-corrected chi connectivity index (χ1v) is 15.6. The fourth-order valence-electron chi connectivity index (χ4n) is 3.88. The van der Waals surface area contributed by atoms with Gasteiger partial charge in [-0.2, -0.15) is 0 Å². The first kappa shape index (κ1) is 31.2. The van der Waals surface area contributed by atoms with Crippen LogP contribution >= 0.6 is 15.9 Å². The molecule has 0 heterocycles. The molecule has 1 atom stereocenters. The fourth-order valence-corrected chi connectivity index (χ4v) is 5.00. The maximum absolute atomic E-state index is 13.7. The van der Waals surface area contributed by atoms with E-state index in [0.29, 0.717) is 24.6 Å². The number of hydrogen-bond acceptors (Lipinski definition) is 5. The second-order valence-corrected chi connectivity index (χ2v) is 12.8. The molecule has 0 aromatic heterocycles. The van der Waals surface area contributed by atoms with E-state index in [2.05, 4.69) is 21.2 Å². The number of nitrogens with zero attached hydrogens (tertiary/aromatic N) is 2. The SMILES string of the molecule is CC(C)CNC(=O)[C@H](C)N(Cc1ccc(Br)cc1)C(=O)CN(c1ccc(OCc2ccccc2)cc1)S(C)(=O)=O. The Bertz CT molecular complexity index is 1360. The van der Waals surface area contributed by atoms with Crippen molar-refractivity contribution in [2.45, 2.75) is 40.0 Å². The molecule has 1 N–H and O–H groups in total. The summed E-state index contributed by atoms with van der Waals surface area (Å²) in [7, 11) is -3.82. The number of halogens is 1. The van der Waals surface area contributed by atoms with Gasteiger partial charge in [0.2, 0.25) is 21.8 Å². The summed E-state index contributed by atoms with van der Waals surface area (Å²) in [6.45, 7) is 6.15. The van der Waals surface area contributed by atoms with Crippen molar-refractivity contribution in [2.24, 2.45) is 5.92 Å². The number of anilines is 1. The van der Waals surface area contributed by atoms with E-state index in [1.165, 1.54) is 4.90 Å². The zero-order valence-electron chi connectivity index (χ0n) is 23.2. The molecule has 0 fully saturated rings. The van der Waals surface area contributed by atoms with E-state index >= 15 is 0 Å². The third kappa shape index (κ3) is 9.38. The van der Waals surface area contributed by atoms with Crippen molar-refractivity contribution in [1.29, 1.82) is 0 Å². The molecule has 40 heavy (non-hydrogen) atoms. The smallest absolute Gasteiger partial charge is 0.244 e. The van der Waals surface area contributed by atoms with Crippen molar-refractivity contribution < 1.29 is 22.7 Å². The van der Waals surface area contributed by atoms with Crippen LogP contribution in [0.2, 0.25) is 0 Å². The van der Waals surface area contributed by atoms with E-state index in [1.54, 1.807) is 31.2 Å². The molecule has 0 bridgehead atoms. The van der Waals surface area contributed by atoms with Crippen LogP contribution in [0.4, 0.5) is 5.69 Å². The van der Waals surface area contributed by atoms with Crippen molar-refractivity contribution in [3.63, 3.8) is 0 Å². The van der Waals surface area contributed by atoms with Crippen LogP contribution in [0.5, 0.6) is 5.75 Å². The quantitative estimate of drug-likeness (QED) is 0.288. The third-order valence-electron chi connectivity index (χ3n) is 6.17. The summed E-state index contributed by atoms with van der Waals surface area (Å²) in [5.41, 5.74) is 2.14. The average Bonchev–Trinajstić information content (AvgIpc) is 2.93. The molecular weight excluding hydrogens is 594 g/mol. The average molecular weight is 631 g/mol. The van der Waals surface area contributed by atoms with Gasteiger partial charge >= 0.3 is 0 Å². The van der Waals surface area contributed by atoms with E-state index in [4.69, 9.17) is 4.74 Å². The molecule has 0 spiro atoms. The topological polar surface area (TPSA) is 96.0 Å². The fraction of sp³-hybridized carbons (Fsp3) is 0.333.